The molecule has 0 aliphatic heterocycles. The molecule has 1 nitrogen and oxygen atoms in total. The van der Waals surface area contributed by atoms with Gasteiger partial charge in [-0.25, -0.2) is 4.39 Å². The zero-order chi connectivity index (χ0) is 17.5. The first kappa shape index (κ1) is 16.8. The Morgan fingerprint density at radius 3 is 1.84 bits per heavy atom. The number of halogens is 1. The van der Waals surface area contributed by atoms with Crippen LogP contribution in [0, 0.1) is 5.82 Å². The lowest BCUT2D eigenvalue weighted by atomic mass is 9.99. The van der Waals surface area contributed by atoms with E-state index in [2.05, 4.69) is 30.8 Å². The van der Waals surface area contributed by atoms with Crippen molar-refractivity contribution in [3.8, 4) is 0 Å². The Morgan fingerprint density at radius 1 is 0.840 bits per heavy atom. The van der Waals surface area contributed by atoms with Gasteiger partial charge in [-0.1, -0.05) is 78.9 Å². The standard InChI is InChI=1S/C23H20FN/c1-2-9-22(18-14-16-21(24)17-15-18)25-23(19-10-5-3-6-11-19)20-12-7-4-8-13-20/h2-8,10-17,22H,1,9H2. The van der Waals surface area contributed by atoms with Crippen molar-refractivity contribution in [2.75, 3.05) is 0 Å². The SMILES string of the molecule is C=CCC(N=C(c1ccccc1)c1ccccc1)c1ccc(F)cc1. The predicted molar refractivity (Wildman–Crippen MR) is 102 cm³/mol. The van der Waals surface area contributed by atoms with Crippen LogP contribution in [0.3, 0.4) is 0 Å². The average molecular weight is 329 g/mol. The molecule has 0 aromatic heterocycles. The third-order valence-electron chi connectivity index (χ3n) is 4.02. The molecule has 0 saturated heterocycles. The van der Waals surface area contributed by atoms with Crippen LogP contribution in [0.1, 0.15) is 29.2 Å². The number of hydrogen-bond donors (Lipinski definition) is 0. The molecule has 1 unspecified atom stereocenters. The van der Waals surface area contributed by atoms with Gasteiger partial charge in [0, 0.05) is 11.1 Å². The summed E-state index contributed by atoms with van der Waals surface area (Å²) < 4.78 is 13.3. The highest BCUT2D eigenvalue weighted by Crippen LogP contribution is 2.25. The first-order valence-corrected chi connectivity index (χ1v) is 8.33. The van der Waals surface area contributed by atoms with Crippen molar-refractivity contribution in [2.45, 2.75) is 12.5 Å². The van der Waals surface area contributed by atoms with Crippen LogP contribution >= 0.6 is 0 Å². The fourth-order valence-electron chi connectivity index (χ4n) is 2.77. The van der Waals surface area contributed by atoms with Crippen molar-refractivity contribution >= 4 is 5.71 Å². The Bertz CT molecular complexity index is 795. The molecule has 0 aliphatic carbocycles. The summed E-state index contributed by atoms with van der Waals surface area (Å²) in [5, 5.41) is 0. The van der Waals surface area contributed by atoms with Crippen LogP contribution in [0.15, 0.2) is 103 Å². The first-order chi connectivity index (χ1) is 12.3. The summed E-state index contributed by atoms with van der Waals surface area (Å²) >= 11 is 0. The van der Waals surface area contributed by atoms with Gasteiger partial charge in [0.15, 0.2) is 0 Å². The third kappa shape index (κ3) is 4.30. The highest BCUT2D eigenvalue weighted by molar-refractivity contribution is 6.13. The third-order valence-corrected chi connectivity index (χ3v) is 4.02. The maximum atomic E-state index is 13.3. The zero-order valence-electron chi connectivity index (χ0n) is 14.0. The molecule has 0 saturated carbocycles. The van der Waals surface area contributed by atoms with Crippen molar-refractivity contribution in [1.82, 2.24) is 0 Å². The van der Waals surface area contributed by atoms with Crippen LogP contribution in [0.4, 0.5) is 4.39 Å². The van der Waals surface area contributed by atoms with Gasteiger partial charge < -0.3 is 0 Å². The van der Waals surface area contributed by atoms with E-state index in [-0.39, 0.29) is 11.9 Å². The fraction of sp³-hybridized carbons (Fsp3) is 0.0870. The highest BCUT2D eigenvalue weighted by atomic mass is 19.1. The zero-order valence-corrected chi connectivity index (χ0v) is 14.0. The molecule has 3 aromatic rings. The molecule has 0 aliphatic rings. The molecule has 124 valence electrons. The quantitative estimate of drug-likeness (QED) is 0.389. The monoisotopic (exact) mass is 329 g/mol. The fourth-order valence-corrected chi connectivity index (χ4v) is 2.77. The van der Waals surface area contributed by atoms with Gasteiger partial charge in [-0.15, -0.1) is 6.58 Å². The summed E-state index contributed by atoms with van der Waals surface area (Å²) in [5.41, 5.74) is 4.03. The molecule has 25 heavy (non-hydrogen) atoms. The Kier molecular flexibility index (Phi) is 5.53. The molecule has 3 rings (SSSR count). The van der Waals surface area contributed by atoms with Crippen molar-refractivity contribution in [2.24, 2.45) is 4.99 Å². The number of hydrogen-bond acceptors (Lipinski definition) is 1. The number of aliphatic imine (C=N–C) groups is 1. The van der Waals surface area contributed by atoms with Crippen molar-refractivity contribution < 1.29 is 4.39 Å². The van der Waals surface area contributed by atoms with E-state index in [4.69, 9.17) is 4.99 Å². The number of benzene rings is 3. The van der Waals surface area contributed by atoms with E-state index in [1.807, 2.05) is 42.5 Å². The molecule has 0 heterocycles. The molecule has 0 amide bonds. The second-order valence-electron chi connectivity index (χ2n) is 5.80. The minimum atomic E-state index is -0.239. The lowest BCUT2D eigenvalue weighted by molar-refractivity contribution is 0.625. The van der Waals surface area contributed by atoms with E-state index in [1.165, 1.54) is 12.1 Å². The minimum Gasteiger partial charge on any atom is -0.276 e. The van der Waals surface area contributed by atoms with Gasteiger partial charge in [0.05, 0.1) is 11.8 Å². The second-order valence-corrected chi connectivity index (χ2v) is 5.80. The van der Waals surface area contributed by atoms with Gasteiger partial charge in [0.25, 0.3) is 0 Å². The van der Waals surface area contributed by atoms with Crippen LogP contribution < -0.4 is 0 Å². The molecule has 0 fully saturated rings. The highest BCUT2D eigenvalue weighted by Gasteiger charge is 2.13. The average Bonchev–Trinajstić information content (AvgIpc) is 2.67. The van der Waals surface area contributed by atoms with Crippen molar-refractivity contribution in [3.63, 3.8) is 0 Å². The minimum absolute atomic E-state index is 0.103. The van der Waals surface area contributed by atoms with Crippen LogP contribution in [-0.2, 0) is 0 Å². The molecule has 2 heteroatoms. The topological polar surface area (TPSA) is 12.4 Å². The Labute approximate surface area is 148 Å². The van der Waals surface area contributed by atoms with E-state index in [0.29, 0.717) is 6.42 Å². The largest absolute Gasteiger partial charge is 0.276 e. The normalized spacial score (nSPS) is 11.6. The molecular formula is C23H20FN. The smallest absolute Gasteiger partial charge is 0.123 e. The van der Waals surface area contributed by atoms with Crippen molar-refractivity contribution in [3.05, 3.63) is 120 Å². The van der Waals surface area contributed by atoms with Gasteiger partial charge in [-0.2, -0.15) is 0 Å². The molecule has 0 spiro atoms. The van der Waals surface area contributed by atoms with Gasteiger partial charge in [-0.3, -0.25) is 4.99 Å². The van der Waals surface area contributed by atoms with E-state index < -0.39 is 0 Å². The predicted octanol–water partition coefficient (Wildman–Crippen LogP) is 5.98. The summed E-state index contributed by atoms with van der Waals surface area (Å²) in [6.07, 6.45) is 2.54. The van der Waals surface area contributed by atoms with Crippen LogP contribution in [-0.4, -0.2) is 5.71 Å². The molecule has 0 radical (unpaired) electrons. The lowest BCUT2D eigenvalue weighted by Crippen LogP contribution is -2.07. The van der Waals surface area contributed by atoms with Gasteiger partial charge in [0.2, 0.25) is 0 Å². The Morgan fingerprint density at radius 2 is 1.36 bits per heavy atom. The molecular weight excluding hydrogens is 309 g/mol. The molecule has 0 bridgehead atoms. The summed E-state index contributed by atoms with van der Waals surface area (Å²) in [4.78, 5) is 5.03. The van der Waals surface area contributed by atoms with Gasteiger partial charge in [-0.05, 0) is 24.1 Å². The summed E-state index contributed by atoms with van der Waals surface area (Å²) in [6.45, 7) is 3.85. The van der Waals surface area contributed by atoms with Crippen LogP contribution in [0.25, 0.3) is 0 Å². The molecule has 0 N–H and O–H groups in total. The maximum Gasteiger partial charge on any atom is 0.123 e. The molecule has 3 aromatic carbocycles. The number of nitrogens with zero attached hydrogens (tertiary/aromatic N) is 1. The Hall–Kier alpha value is -3.00. The Balaban J connectivity index is 2.09. The van der Waals surface area contributed by atoms with E-state index in [0.717, 1.165) is 22.4 Å². The van der Waals surface area contributed by atoms with Gasteiger partial charge >= 0.3 is 0 Å². The van der Waals surface area contributed by atoms with Crippen molar-refractivity contribution in [1.29, 1.82) is 0 Å². The summed E-state index contributed by atoms with van der Waals surface area (Å²) in [6, 6.07) is 26.7. The van der Waals surface area contributed by atoms with E-state index >= 15 is 0 Å². The van der Waals surface area contributed by atoms with E-state index in [1.54, 1.807) is 12.1 Å². The first-order valence-electron chi connectivity index (χ1n) is 8.33. The van der Waals surface area contributed by atoms with Crippen LogP contribution in [0.5, 0.6) is 0 Å². The summed E-state index contributed by atoms with van der Waals surface area (Å²) in [7, 11) is 0. The summed E-state index contributed by atoms with van der Waals surface area (Å²) in [5.74, 6) is -0.239. The maximum absolute atomic E-state index is 13.3. The van der Waals surface area contributed by atoms with Crippen LogP contribution in [0.2, 0.25) is 0 Å². The molecule has 1 atom stereocenters. The van der Waals surface area contributed by atoms with E-state index in [9.17, 15) is 4.39 Å². The van der Waals surface area contributed by atoms with Gasteiger partial charge in [0.1, 0.15) is 5.82 Å². The number of rotatable bonds is 6. The second kappa shape index (κ2) is 8.20. The lowest BCUT2D eigenvalue weighted by Gasteiger charge is -2.15.